The van der Waals surface area contributed by atoms with Crippen LogP contribution in [0.15, 0.2) is 36.8 Å². The van der Waals surface area contributed by atoms with Crippen molar-refractivity contribution in [3.8, 4) is 16.3 Å². The molecule has 0 aliphatic rings. The SMILES string of the molecule is CC(C)c1cnc(-c2cc(O)cc(C(=O)NCc3cnc(C(F)(F)F)nc3)c2)s1. The molecule has 0 atom stereocenters. The maximum absolute atomic E-state index is 12.5. The first-order chi connectivity index (χ1) is 13.6. The summed E-state index contributed by atoms with van der Waals surface area (Å²) in [5.41, 5.74) is 1.12. The van der Waals surface area contributed by atoms with Gasteiger partial charge in [-0.05, 0) is 24.1 Å². The first-order valence-corrected chi connectivity index (χ1v) is 9.41. The summed E-state index contributed by atoms with van der Waals surface area (Å²) in [5, 5.41) is 13.2. The number of thiazole rings is 1. The van der Waals surface area contributed by atoms with E-state index in [2.05, 4.69) is 20.3 Å². The molecule has 6 nitrogen and oxygen atoms in total. The molecule has 0 saturated heterocycles. The van der Waals surface area contributed by atoms with E-state index in [1.807, 2.05) is 13.8 Å². The number of phenolic OH excluding ortho intramolecular Hbond substituents is 1. The van der Waals surface area contributed by atoms with Crippen LogP contribution in [0.2, 0.25) is 0 Å². The zero-order valence-corrected chi connectivity index (χ0v) is 16.3. The lowest BCUT2D eigenvalue weighted by molar-refractivity contribution is -0.145. The molecular weight excluding hydrogens is 405 g/mol. The van der Waals surface area contributed by atoms with Crippen LogP contribution in [0.5, 0.6) is 5.75 Å². The number of rotatable bonds is 5. The van der Waals surface area contributed by atoms with E-state index in [0.29, 0.717) is 22.1 Å². The Morgan fingerprint density at radius 3 is 2.41 bits per heavy atom. The van der Waals surface area contributed by atoms with Crippen LogP contribution in [-0.2, 0) is 12.7 Å². The van der Waals surface area contributed by atoms with Crippen LogP contribution in [0, 0.1) is 0 Å². The van der Waals surface area contributed by atoms with Crippen LogP contribution in [-0.4, -0.2) is 26.0 Å². The third-order valence-corrected chi connectivity index (χ3v) is 5.28. The summed E-state index contributed by atoms with van der Waals surface area (Å²) in [4.78, 5) is 24.4. The molecule has 0 fully saturated rings. The van der Waals surface area contributed by atoms with Crippen LogP contribution in [0.1, 0.15) is 46.4 Å². The molecule has 0 saturated carbocycles. The van der Waals surface area contributed by atoms with E-state index in [9.17, 15) is 23.1 Å². The Balaban J connectivity index is 1.73. The van der Waals surface area contributed by atoms with Crippen molar-refractivity contribution in [2.45, 2.75) is 32.5 Å². The molecular formula is C19H17F3N4O2S. The minimum atomic E-state index is -4.62. The van der Waals surface area contributed by atoms with E-state index < -0.39 is 17.9 Å². The number of carbonyl (C=O) groups excluding carboxylic acids is 1. The fourth-order valence-corrected chi connectivity index (χ4v) is 3.34. The van der Waals surface area contributed by atoms with Crippen LogP contribution >= 0.6 is 11.3 Å². The van der Waals surface area contributed by atoms with Gasteiger partial charge in [0.15, 0.2) is 0 Å². The number of nitrogens with one attached hydrogen (secondary N) is 1. The lowest BCUT2D eigenvalue weighted by atomic mass is 10.1. The first-order valence-electron chi connectivity index (χ1n) is 8.60. The van der Waals surface area contributed by atoms with E-state index in [4.69, 9.17) is 0 Å². The lowest BCUT2D eigenvalue weighted by Gasteiger charge is -2.08. The number of aromatic nitrogens is 3. The summed E-state index contributed by atoms with van der Waals surface area (Å²) in [5.74, 6) is -1.52. The molecule has 0 spiro atoms. The monoisotopic (exact) mass is 422 g/mol. The largest absolute Gasteiger partial charge is 0.508 e. The molecule has 0 aliphatic heterocycles. The number of hydrogen-bond acceptors (Lipinski definition) is 6. The highest BCUT2D eigenvalue weighted by atomic mass is 32.1. The van der Waals surface area contributed by atoms with Gasteiger partial charge < -0.3 is 10.4 Å². The third-order valence-electron chi connectivity index (χ3n) is 3.93. The minimum absolute atomic E-state index is 0.0588. The Morgan fingerprint density at radius 2 is 1.83 bits per heavy atom. The summed E-state index contributed by atoms with van der Waals surface area (Å²) in [7, 11) is 0. The number of hydrogen-bond donors (Lipinski definition) is 2. The van der Waals surface area contributed by atoms with Gasteiger partial charge in [-0.2, -0.15) is 13.2 Å². The van der Waals surface area contributed by atoms with Crippen LogP contribution in [0.4, 0.5) is 13.2 Å². The van der Waals surface area contributed by atoms with E-state index in [1.165, 1.54) is 23.5 Å². The van der Waals surface area contributed by atoms with Gasteiger partial charge >= 0.3 is 6.18 Å². The highest BCUT2D eigenvalue weighted by molar-refractivity contribution is 7.15. The second kappa shape index (κ2) is 8.16. The Hall–Kier alpha value is -3.01. The molecule has 10 heteroatoms. The second-order valence-corrected chi connectivity index (χ2v) is 7.65. The average Bonchev–Trinajstić information content (AvgIpc) is 3.16. The lowest BCUT2D eigenvalue weighted by Crippen LogP contribution is -2.23. The number of carbonyl (C=O) groups is 1. The van der Waals surface area contributed by atoms with Gasteiger partial charge in [-0.1, -0.05) is 13.8 Å². The van der Waals surface area contributed by atoms with E-state index in [-0.39, 0.29) is 17.9 Å². The molecule has 2 aromatic heterocycles. The smallest absolute Gasteiger partial charge is 0.451 e. The van der Waals surface area contributed by atoms with Crippen molar-refractivity contribution < 1.29 is 23.1 Å². The van der Waals surface area contributed by atoms with Gasteiger partial charge in [-0.3, -0.25) is 4.79 Å². The second-order valence-electron chi connectivity index (χ2n) is 6.59. The predicted octanol–water partition coefficient (Wildman–Crippen LogP) is 4.38. The van der Waals surface area contributed by atoms with Gasteiger partial charge in [0.25, 0.3) is 5.91 Å². The number of benzene rings is 1. The summed E-state index contributed by atoms with van der Waals surface area (Å²) in [6.07, 6.45) is -0.843. The van der Waals surface area contributed by atoms with E-state index in [0.717, 1.165) is 17.3 Å². The fraction of sp³-hybridized carbons (Fsp3) is 0.263. The number of alkyl halides is 3. The molecule has 0 unspecified atom stereocenters. The highest BCUT2D eigenvalue weighted by Crippen LogP contribution is 2.32. The number of phenols is 1. The van der Waals surface area contributed by atoms with Crippen molar-refractivity contribution in [3.05, 3.63) is 58.6 Å². The highest BCUT2D eigenvalue weighted by Gasteiger charge is 2.34. The molecule has 0 bridgehead atoms. The van der Waals surface area contributed by atoms with Gasteiger partial charge in [0.2, 0.25) is 5.82 Å². The van der Waals surface area contributed by atoms with Crippen molar-refractivity contribution >= 4 is 17.2 Å². The van der Waals surface area contributed by atoms with Crippen molar-refractivity contribution in [2.75, 3.05) is 0 Å². The molecule has 3 rings (SSSR count). The maximum atomic E-state index is 12.5. The zero-order chi connectivity index (χ0) is 21.2. The van der Waals surface area contributed by atoms with Crippen LogP contribution in [0.3, 0.4) is 0 Å². The summed E-state index contributed by atoms with van der Waals surface area (Å²) < 4.78 is 37.5. The van der Waals surface area contributed by atoms with E-state index >= 15 is 0 Å². The molecule has 152 valence electrons. The number of aromatic hydroxyl groups is 1. The average molecular weight is 422 g/mol. The molecule has 0 aliphatic carbocycles. The Morgan fingerprint density at radius 1 is 1.14 bits per heavy atom. The van der Waals surface area contributed by atoms with Crippen LogP contribution in [0.25, 0.3) is 10.6 Å². The molecule has 2 heterocycles. The molecule has 2 N–H and O–H groups in total. The number of halogens is 3. The molecule has 1 aromatic carbocycles. The number of nitrogens with zero attached hydrogens (tertiary/aromatic N) is 3. The summed E-state index contributed by atoms with van der Waals surface area (Å²) in [6.45, 7) is 4.03. The summed E-state index contributed by atoms with van der Waals surface area (Å²) in [6, 6.07) is 4.42. The van der Waals surface area contributed by atoms with Crippen LogP contribution < -0.4 is 5.32 Å². The topological polar surface area (TPSA) is 88.0 Å². The van der Waals surface area contributed by atoms with Gasteiger partial charge in [-0.25, -0.2) is 15.0 Å². The van der Waals surface area contributed by atoms with Crippen molar-refractivity contribution in [2.24, 2.45) is 0 Å². The van der Waals surface area contributed by atoms with Gasteiger partial charge in [0.1, 0.15) is 10.8 Å². The standard InChI is InChI=1S/C19H17F3N4O2S/c1-10(2)15-9-24-17(29-15)13-3-12(4-14(27)5-13)16(28)23-6-11-7-25-18(26-8-11)19(20,21)22/h3-5,7-10,27H,6H2,1-2H3,(H,23,28). The Labute approximate surface area is 168 Å². The number of amides is 1. The van der Waals surface area contributed by atoms with Gasteiger partial charge in [0.05, 0.1) is 0 Å². The first kappa shape index (κ1) is 20.7. The van der Waals surface area contributed by atoms with Crippen molar-refractivity contribution in [1.29, 1.82) is 0 Å². The van der Waals surface area contributed by atoms with E-state index in [1.54, 1.807) is 12.3 Å². The molecule has 0 radical (unpaired) electrons. The quantitative estimate of drug-likeness (QED) is 0.637. The molecule has 29 heavy (non-hydrogen) atoms. The molecule has 1 amide bonds. The normalized spacial score (nSPS) is 11.7. The van der Waals surface area contributed by atoms with Gasteiger partial charge in [0, 0.05) is 46.7 Å². The minimum Gasteiger partial charge on any atom is -0.508 e. The third kappa shape index (κ3) is 5.08. The predicted molar refractivity (Wildman–Crippen MR) is 102 cm³/mol. The Bertz CT molecular complexity index is 1020. The summed E-state index contributed by atoms with van der Waals surface area (Å²) >= 11 is 1.47. The zero-order valence-electron chi connectivity index (χ0n) is 15.5. The Kier molecular flexibility index (Phi) is 5.83. The maximum Gasteiger partial charge on any atom is 0.451 e. The van der Waals surface area contributed by atoms with Gasteiger partial charge in [-0.15, -0.1) is 11.3 Å². The molecule has 3 aromatic rings. The van der Waals surface area contributed by atoms with Crippen molar-refractivity contribution in [1.82, 2.24) is 20.3 Å². The fourth-order valence-electron chi connectivity index (χ4n) is 2.43. The van der Waals surface area contributed by atoms with Crippen molar-refractivity contribution in [3.63, 3.8) is 0 Å².